The topological polar surface area (TPSA) is 6.48 Å². The summed E-state index contributed by atoms with van der Waals surface area (Å²) in [6.45, 7) is 0. The molecule has 3 heteroatoms. The van der Waals surface area contributed by atoms with Crippen molar-refractivity contribution in [1.29, 1.82) is 0 Å². The van der Waals surface area contributed by atoms with Crippen molar-refractivity contribution < 1.29 is 0 Å². The van der Waals surface area contributed by atoms with Crippen LogP contribution in [0.1, 0.15) is 0 Å². The van der Waals surface area contributed by atoms with E-state index in [1.807, 2.05) is 0 Å². The third-order valence-electron chi connectivity index (χ3n) is 3.91. The first-order valence-corrected chi connectivity index (χ1v) is 8.20. The Hall–Kier alpha value is -0.903. The summed E-state index contributed by atoms with van der Waals surface area (Å²) in [6.07, 6.45) is 18.1. The Balaban J connectivity index is 2.45. The quantitative estimate of drug-likeness (QED) is 0.703. The first kappa shape index (κ1) is 12.6. The molecule has 0 aromatic carbocycles. The van der Waals surface area contributed by atoms with Crippen molar-refractivity contribution in [2.24, 2.45) is 0 Å². The van der Waals surface area contributed by atoms with Gasteiger partial charge < -0.3 is 9.13 Å². The van der Waals surface area contributed by atoms with Gasteiger partial charge in [0.15, 0.2) is 0 Å². The lowest BCUT2D eigenvalue weighted by Gasteiger charge is -2.48. The smallest absolute Gasteiger partial charge is 0.227 e. The summed E-state index contributed by atoms with van der Waals surface area (Å²) in [5.41, 5.74) is 1.12. The number of allylic oxidation sites excluding steroid dienone is 8. The van der Waals surface area contributed by atoms with E-state index in [4.69, 9.17) is 0 Å². The molecule has 2 aliphatic rings. The Morgan fingerprint density at radius 3 is 1.18 bits per heavy atom. The molecule has 0 saturated heterocycles. The van der Waals surface area contributed by atoms with E-state index in [0.717, 1.165) is 0 Å². The van der Waals surface area contributed by atoms with Crippen LogP contribution in [0.25, 0.3) is 0 Å². The number of nitrogens with zero attached hydrogens (tertiary/aromatic N) is 2. The molecular formula is C14H22N2Si. The molecule has 2 nitrogen and oxygen atoms in total. The minimum absolute atomic E-state index is 0.560. The Labute approximate surface area is 106 Å². The fourth-order valence-electron chi connectivity index (χ4n) is 3.25. The Morgan fingerprint density at radius 2 is 0.941 bits per heavy atom. The van der Waals surface area contributed by atoms with Gasteiger partial charge in [-0.1, -0.05) is 48.6 Å². The van der Waals surface area contributed by atoms with E-state index in [1.54, 1.807) is 0 Å². The molecule has 92 valence electrons. The third-order valence-corrected chi connectivity index (χ3v) is 9.51. The lowest BCUT2D eigenvalue weighted by Crippen LogP contribution is -2.65. The van der Waals surface area contributed by atoms with Crippen LogP contribution in [0.15, 0.2) is 48.6 Å². The van der Waals surface area contributed by atoms with Crippen LogP contribution < -0.4 is 0 Å². The van der Waals surface area contributed by atoms with Crippen LogP contribution in [0.4, 0.5) is 0 Å². The van der Waals surface area contributed by atoms with Gasteiger partial charge in [-0.15, -0.1) is 0 Å². The molecule has 0 radical (unpaired) electrons. The molecule has 17 heavy (non-hydrogen) atoms. The molecule has 0 saturated carbocycles. The average molecular weight is 246 g/mol. The van der Waals surface area contributed by atoms with E-state index >= 15 is 0 Å². The van der Waals surface area contributed by atoms with E-state index in [1.165, 1.54) is 0 Å². The summed E-state index contributed by atoms with van der Waals surface area (Å²) in [7, 11) is 7.15. The zero-order valence-corrected chi connectivity index (χ0v) is 12.2. The van der Waals surface area contributed by atoms with E-state index in [2.05, 4.69) is 85.9 Å². The van der Waals surface area contributed by atoms with E-state index in [0.29, 0.717) is 11.1 Å². The molecular weight excluding hydrogens is 224 g/mol. The lowest BCUT2D eigenvalue weighted by molar-refractivity contribution is 0.465. The minimum atomic E-state index is -1.76. The normalized spacial score (nSPS) is 20.6. The standard InChI is InChI=1S/C14H22N2Si/c1-15(2)17(16(3)4,13-9-5-6-10-13)14-11-7-8-12-14/h5-14H,1-4H3. The molecule has 0 heterocycles. The molecule has 0 N–H and O–H groups in total. The highest BCUT2D eigenvalue weighted by atomic mass is 28.4. The number of rotatable bonds is 4. The summed E-state index contributed by atoms with van der Waals surface area (Å²) < 4.78 is 4.95. The Kier molecular flexibility index (Phi) is 3.52. The molecule has 2 aliphatic carbocycles. The maximum Gasteiger partial charge on any atom is 0.227 e. The van der Waals surface area contributed by atoms with Gasteiger partial charge in [0.05, 0.1) is 0 Å². The first-order valence-electron chi connectivity index (χ1n) is 6.15. The van der Waals surface area contributed by atoms with E-state index in [9.17, 15) is 0 Å². The summed E-state index contributed by atoms with van der Waals surface area (Å²) in [4.78, 5) is 0. The van der Waals surface area contributed by atoms with E-state index in [-0.39, 0.29) is 0 Å². The molecule has 0 amide bonds. The molecule has 0 fully saturated rings. The van der Waals surface area contributed by atoms with Gasteiger partial charge in [-0.25, -0.2) is 0 Å². The second-order valence-corrected chi connectivity index (χ2v) is 9.85. The van der Waals surface area contributed by atoms with Gasteiger partial charge in [-0.05, 0) is 28.2 Å². The molecule has 2 rings (SSSR count). The van der Waals surface area contributed by atoms with Crippen molar-refractivity contribution in [3.8, 4) is 0 Å². The fraction of sp³-hybridized carbons (Fsp3) is 0.429. The summed E-state index contributed by atoms with van der Waals surface area (Å²) in [6, 6.07) is 0. The van der Waals surface area contributed by atoms with Crippen molar-refractivity contribution in [1.82, 2.24) is 9.13 Å². The molecule has 0 spiro atoms. The van der Waals surface area contributed by atoms with Crippen LogP contribution in [0.3, 0.4) is 0 Å². The van der Waals surface area contributed by atoms with Crippen LogP contribution >= 0.6 is 0 Å². The third kappa shape index (κ3) is 1.88. The highest BCUT2D eigenvalue weighted by Gasteiger charge is 2.50. The van der Waals surface area contributed by atoms with Crippen LogP contribution in [-0.2, 0) is 0 Å². The van der Waals surface area contributed by atoms with Gasteiger partial charge >= 0.3 is 0 Å². The van der Waals surface area contributed by atoms with Crippen molar-refractivity contribution >= 4 is 8.40 Å². The number of hydrogen-bond donors (Lipinski definition) is 0. The predicted octanol–water partition coefficient (Wildman–Crippen LogP) is 2.54. The van der Waals surface area contributed by atoms with Crippen molar-refractivity contribution in [3.63, 3.8) is 0 Å². The molecule has 0 atom stereocenters. The van der Waals surface area contributed by atoms with Gasteiger partial charge in [-0.3, -0.25) is 0 Å². The van der Waals surface area contributed by atoms with Crippen LogP contribution in [0, 0.1) is 0 Å². The fourth-order valence-corrected chi connectivity index (χ4v) is 8.45. The Morgan fingerprint density at radius 1 is 0.647 bits per heavy atom. The monoisotopic (exact) mass is 246 g/mol. The first-order chi connectivity index (χ1) is 8.10. The van der Waals surface area contributed by atoms with Gasteiger partial charge in [-0.2, -0.15) is 0 Å². The van der Waals surface area contributed by atoms with Crippen molar-refractivity contribution in [2.45, 2.75) is 11.1 Å². The lowest BCUT2D eigenvalue weighted by atomic mass is 10.4. The largest absolute Gasteiger partial charge is 0.316 e. The summed E-state index contributed by atoms with van der Waals surface area (Å²) >= 11 is 0. The van der Waals surface area contributed by atoms with Gasteiger partial charge in [0.1, 0.15) is 0 Å². The number of hydrogen-bond acceptors (Lipinski definition) is 2. The molecule has 0 unspecified atom stereocenters. The van der Waals surface area contributed by atoms with Crippen LogP contribution in [0.5, 0.6) is 0 Å². The second-order valence-electron chi connectivity index (χ2n) is 5.16. The predicted molar refractivity (Wildman–Crippen MR) is 77.2 cm³/mol. The Bertz CT molecular complexity index is 329. The highest BCUT2D eigenvalue weighted by molar-refractivity contribution is 6.79. The second kappa shape index (κ2) is 4.76. The molecule has 0 aromatic rings. The van der Waals surface area contributed by atoms with Gasteiger partial charge in [0.25, 0.3) is 0 Å². The SMILES string of the molecule is CN(C)[Si](C1C=CC=C1)(C1C=CC=C1)N(C)C. The van der Waals surface area contributed by atoms with Crippen molar-refractivity contribution in [2.75, 3.05) is 28.2 Å². The summed E-state index contributed by atoms with van der Waals surface area (Å²) in [5.74, 6) is 0. The van der Waals surface area contributed by atoms with Gasteiger partial charge in [0, 0.05) is 11.1 Å². The maximum absolute atomic E-state index is 2.47. The average Bonchev–Trinajstić information content (AvgIpc) is 2.88. The van der Waals surface area contributed by atoms with Crippen molar-refractivity contribution in [3.05, 3.63) is 48.6 Å². The van der Waals surface area contributed by atoms with Gasteiger partial charge in [0.2, 0.25) is 8.40 Å². The molecule has 0 bridgehead atoms. The maximum atomic E-state index is 2.47. The van der Waals surface area contributed by atoms with Crippen LogP contribution in [-0.4, -0.2) is 45.7 Å². The minimum Gasteiger partial charge on any atom is -0.316 e. The summed E-state index contributed by atoms with van der Waals surface area (Å²) in [5, 5.41) is 0. The zero-order chi connectivity index (χ0) is 12.5. The zero-order valence-electron chi connectivity index (χ0n) is 11.2. The van der Waals surface area contributed by atoms with E-state index < -0.39 is 8.40 Å². The highest BCUT2D eigenvalue weighted by Crippen LogP contribution is 2.42. The molecule has 0 aliphatic heterocycles. The van der Waals surface area contributed by atoms with Crippen LogP contribution in [0.2, 0.25) is 11.1 Å². The molecule has 0 aromatic heterocycles.